The van der Waals surface area contributed by atoms with Crippen LogP contribution < -0.4 is 0 Å². The Balaban J connectivity index is 1.77. The van der Waals surface area contributed by atoms with E-state index in [1.807, 2.05) is 35.0 Å². The van der Waals surface area contributed by atoms with Gasteiger partial charge in [0.1, 0.15) is 5.82 Å². The summed E-state index contributed by atoms with van der Waals surface area (Å²) in [6, 6.07) is 9.98. The Hall–Kier alpha value is -2.24. The lowest BCUT2D eigenvalue weighted by atomic mass is 10.1. The third-order valence-electron chi connectivity index (χ3n) is 4.18. The zero-order valence-corrected chi connectivity index (χ0v) is 12.1. The van der Waals surface area contributed by atoms with Crippen LogP contribution in [0.4, 0.5) is 0 Å². The van der Waals surface area contributed by atoms with Gasteiger partial charge in [-0.2, -0.15) is 0 Å². The molecule has 1 aliphatic heterocycles. The Labute approximate surface area is 128 Å². The van der Waals surface area contributed by atoms with E-state index in [0.29, 0.717) is 19.6 Å². The van der Waals surface area contributed by atoms with E-state index in [0.717, 1.165) is 22.3 Å². The molecule has 2 atom stereocenters. The number of aromatic nitrogens is 3. The minimum Gasteiger partial charge on any atom is -0.391 e. The zero-order valence-electron chi connectivity index (χ0n) is 12.1. The van der Waals surface area contributed by atoms with E-state index in [9.17, 15) is 5.11 Å². The summed E-state index contributed by atoms with van der Waals surface area (Å²) >= 11 is 0. The van der Waals surface area contributed by atoms with Gasteiger partial charge in [-0.1, -0.05) is 6.07 Å². The summed E-state index contributed by atoms with van der Waals surface area (Å²) in [6.45, 7) is 1.13. The van der Waals surface area contributed by atoms with Crippen LogP contribution in [0, 0.1) is 0 Å². The summed E-state index contributed by atoms with van der Waals surface area (Å²) in [7, 11) is 0. The van der Waals surface area contributed by atoms with Crippen LogP contribution in [-0.2, 0) is 4.74 Å². The molecule has 1 fully saturated rings. The molecule has 1 saturated heterocycles. The molecule has 0 aliphatic carbocycles. The topological polar surface area (TPSA) is 60.2 Å². The van der Waals surface area contributed by atoms with E-state index in [4.69, 9.17) is 4.74 Å². The number of benzene rings is 1. The number of fused-ring (bicyclic) bond motifs is 1. The smallest absolute Gasteiger partial charge is 0.140 e. The van der Waals surface area contributed by atoms with Gasteiger partial charge >= 0.3 is 0 Å². The van der Waals surface area contributed by atoms with Gasteiger partial charge < -0.3 is 14.4 Å². The summed E-state index contributed by atoms with van der Waals surface area (Å²) in [6.07, 6.45) is 5.72. The summed E-state index contributed by atoms with van der Waals surface area (Å²) in [5.41, 5.74) is 1.98. The maximum Gasteiger partial charge on any atom is 0.140 e. The average Bonchev–Trinajstić information content (AvgIpc) is 3.04. The van der Waals surface area contributed by atoms with Gasteiger partial charge in [-0.3, -0.25) is 4.98 Å². The molecule has 22 heavy (non-hydrogen) atoms. The quantitative estimate of drug-likeness (QED) is 0.789. The Bertz CT molecular complexity index is 799. The van der Waals surface area contributed by atoms with E-state index in [1.165, 1.54) is 0 Å². The Morgan fingerprint density at radius 1 is 1.18 bits per heavy atom. The molecule has 0 unspecified atom stereocenters. The van der Waals surface area contributed by atoms with Crippen molar-refractivity contribution < 1.29 is 9.84 Å². The Morgan fingerprint density at radius 2 is 2.14 bits per heavy atom. The molecule has 0 amide bonds. The first-order valence-electron chi connectivity index (χ1n) is 7.47. The molecule has 4 rings (SSSR count). The lowest BCUT2D eigenvalue weighted by Gasteiger charge is -2.29. The number of hydrogen-bond acceptors (Lipinski definition) is 4. The monoisotopic (exact) mass is 295 g/mol. The van der Waals surface area contributed by atoms with Crippen molar-refractivity contribution >= 4 is 10.9 Å². The van der Waals surface area contributed by atoms with Gasteiger partial charge in [0.15, 0.2) is 0 Å². The fraction of sp³-hybridized carbons (Fsp3) is 0.294. The van der Waals surface area contributed by atoms with Crippen LogP contribution in [0.5, 0.6) is 0 Å². The molecule has 112 valence electrons. The highest BCUT2D eigenvalue weighted by molar-refractivity contribution is 5.83. The van der Waals surface area contributed by atoms with Gasteiger partial charge in [0.2, 0.25) is 0 Å². The lowest BCUT2D eigenvalue weighted by molar-refractivity contribution is -0.0285. The number of ether oxygens (including phenoxy) is 1. The highest BCUT2D eigenvalue weighted by Gasteiger charge is 2.27. The van der Waals surface area contributed by atoms with Crippen LogP contribution in [0.15, 0.2) is 48.9 Å². The highest BCUT2D eigenvalue weighted by Crippen LogP contribution is 2.28. The second kappa shape index (κ2) is 5.51. The minimum absolute atomic E-state index is 0.0872. The molecule has 0 bridgehead atoms. The number of pyridine rings is 1. The third-order valence-corrected chi connectivity index (χ3v) is 4.18. The van der Waals surface area contributed by atoms with Crippen molar-refractivity contribution in [3.05, 3.63) is 48.9 Å². The minimum atomic E-state index is -0.399. The SMILES string of the molecule is O[C@@H]1CCOC[C@H]1n1ccnc1-c1ccc2ncccc2c1. The number of hydrogen-bond donors (Lipinski definition) is 1. The van der Waals surface area contributed by atoms with Crippen molar-refractivity contribution in [1.29, 1.82) is 0 Å². The molecule has 1 aromatic carbocycles. The fourth-order valence-corrected chi connectivity index (χ4v) is 3.00. The second-order valence-electron chi connectivity index (χ2n) is 5.57. The van der Waals surface area contributed by atoms with E-state index >= 15 is 0 Å². The molecular formula is C17H17N3O2. The van der Waals surface area contributed by atoms with Crippen LogP contribution >= 0.6 is 0 Å². The molecule has 5 nitrogen and oxygen atoms in total. The van der Waals surface area contributed by atoms with Gasteiger partial charge in [-0.15, -0.1) is 0 Å². The number of nitrogens with zero attached hydrogens (tertiary/aromatic N) is 3. The van der Waals surface area contributed by atoms with Crippen molar-refractivity contribution in [3.63, 3.8) is 0 Å². The first-order valence-corrected chi connectivity index (χ1v) is 7.47. The number of imidazole rings is 1. The molecule has 2 aromatic heterocycles. The molecule has 1 aliphatic rings. The van der Waals surface area contributed by atoms with Crippen molar-refractivity contribution in [2.75, 3.05) is 13.2 Å². The molecule has 0 spiro atoms. The maximum atomic E-state index is 10.2. The predicted molar refractivity (Wildman–Crippen MR) is 83.4 cm³/mol. The van der Waals surface area contributed by atoms with Gasteiger partial charge in [-0.25, -0.2) is 4.98 Å². The lowest BCUT2D eigenvalue weighted by Crippen LogP contribution is -2.34. The van der Waals surface area contributed by atoms with Crippen LogP contribution in [0.2, 0.25) is 0 Å². The molecule has 3 aromatic rings. The first kappa shape index (κ1) is 13.4. The van der Waals surface area contributed by atoms with Gasteiger partial charge in [0, 0.05) is 36.1 Å². The number of aliphatic hydroxyl groups excluding tert-OH is 1. The van der Waals surface area contributed by atoms with Crippen LogP contribution in [0.25, 0.3) is 22.3 Å². The molecule has 5 heteroatoms. The van der Waals surface area contributed by atoms with Gasteiger partial charge in [-0.05, 0) is 30.7 Å². The van der Waals surface area contributed by atoms with Crippen molar-refractivity contribution in [2.24, 2.45) is 0 Å². The standard InChI is InChI=1S/C17H17N3O2/c21-16-5-9-22-11-15(16)20-8-7-19-17(20)13-3-4-14-12(10-13)2-1-6-18-14/h1-4,6-8,10,15-16,21H,5,9,11H2/t15-,16-/m1/s1. The summed E-state index contributed by atoms with van der Waals surface area (Å²) in [5, 5.41) is 11.3. The van der Waals surface area contributed by atoms with Crippen LogP contribution in [0.1, 0.15) is 12.5 Å². The molecule has 0 radical (unpaired) electrons. The summed E-state index contributed by atoms with van der Waals surface area (Å²) in [4.78, 5) is 8.82. The molecule has 0 saturated carbocycles. The summed E-state index contributed by atoms with van der Waals surface area (Å²) < 4.78 is 7.53. The number of aliphatic hydroxyl groups is 1. The Kier molecular flexibility index (Phi) is 3.36. The summed E-state index contributed by atoms with van der Waals surface area (Å²) in [5.74, 6) is 0.848. The first-order chi connectivity index (χ1) is 10.8. The zero-order chi connectivity index (χ0) is 14.9. The fourth-order valence-electron chi connectivity index (χ4n) is 3.00. The second-order valence-corrected chi connectivity index (χ2v) is 5.57. The van der Waals surface area contributed by atoms with Crippen LogP contribution in [0.3, 0.4) is 0 Å². The Morgan fingerprint density at radius 3 is 3.05 bits per heavy atom. The van der Waals surface area contributed by atoms with Crippen LogP contribution in [-0.4, -0.2) is 39.0 Å². The predicted octanol–water partition coefficient (Wildman–Crippen LogP) is 2.42. The third kappa shape index (κ3) is 2.28. The highest BCUT2D eigenvalue weighted by atomic mass is 16.5. The largest absolute Gasteiger partial charge is 0.391 e. The van der Waals surface area contributed by atoms with Crippen molar-refractivity contribution in [2.45, 2.75) is 18.6 Å². The van der Waals surface area contributed by atoms with E-state index in [2.05, 4.69) is 16.0 Å². The molecule has 1 N–H and O–H groups in total. The molecular weight excluding hydrogens is 278 g/mol. The van der Waals surface area contributed by atoms with Crippen molar-refractivity contribution in [3.8, 4) is 11.4 Å². The van der Waals surface area contributed by atoms with E-state index < -0.39 is 6.10 Å². The molecule has 3 heterocycles. The van der Waals surface area contributed by atoms with Gasteiger partial charge in [0.25, 0.3) is 0 Å². The number of rotatable bonds is 2. The average molecular weight is 295 g/mol. The van der Waals surface area contributed by atoms with Gasteiger partial charge in [0.05, 0.1) is 24.3 Å². The van der Waals surface area contributed by atoms with E-state index in [1.54, 1.807) is 12.4 Å². The normalized spacial score (nSPS) is 22.0. The maximum absolute atomic E-state index is 10.2. The van der Waals surface area contributed by atoms with E-state index in [-0.39, 0.29) is 6.04 Å². The van der Waals surface area contributed by atoms with Crippen molar-refractivity contribution in [1.82, 2.24) is 14.5 Å².